The van der Waals surface area contributed by atoms with Gasteiger partial charge in [0.05, 0.1) is 0 Å². The lowest BCUT2D eigenvalue weighted by atomic mass is 9.71. The van der Waals surface area contributed by atoms with Crippen LogP contribution in [0.5, 0.6) is 0 Å². The highest BCUT2D eigenvalue weighted by Crippen LogP contribution is 2.43. The zero-order valence-corrected chi connectivity index (χ0v) is 27.6. The molecule has 0 aromatic rings. The summed E-state index contributed by atoms with van der Waals surface area (Å²) in [4.78, 5) is 0. The third kappa shape index (κ3) is 11.5. The fourth-order valence-electron chi connectivity index (χ4n) is 6.14. The van der Waals surface area contributed by atoms with Crippen molar-refractivity contribution in [1.82, 2.24) is 0 Å². The minimum atomic E-state index is 0.348. The minimum Gasteiger partial charge on any atom is -0.0775 e. The average molecular weight is 539 g/mol. The molecule has 0 heteroatoms. The van der Waals surface area contributed by atoms with Gasteiger partial charge in [-0.3, -0.25) is 0 Å². The Morgan fingerprint density at radius 3 is 1.25 bits per heavy atom. The van der Waals surface area contributed by atoms with Crippen molar-refractivity contribution in [3.8, 4) is 0 Å². The first-order chi connectivity index (χ1) is 18.8. The average Bonchev–Trinajstić information content (AvgIpc) is 2.85. The van der Waals surface area contributed by atoms with E-state index in [0.717, 1.165) is 12.8 Å². The topological polar surface area (TPSA) is 0 Å². The summed E-state index contributed by atoms with van der Waals surface area (Å²) in [5, 5.41) is 0. The van der Waals surface area contributed by atoms with Crippen molar-refractivity contribution in [3.63, 3.8) is 0 Å². The van der Waals surface area contributed by atoms with Gasteiger partial charge in [-0.1, -0.05) is 145 Å². The van der Waals surface area contributed by atoms with Crippen LogP contribution in [0, 0.1) is 10.8 Å². The molecule has 2 rings (SSSR count). The summed E-state index contributed by atoms with van der Waals surface area (Å²) in [6.07, 6.45) is 36.5. The van der Waals surface area contributed by atoms with Gasteiger partial charge in [-0.05, 0) is 104 Å². The van der Waals surface area contributed by atoms with Crippen molar-refractivity contribution in [2.75, 3.05) is 0 Å². The Morgan fingerprint density at radius 1 is 0.550 bits per heavy atom. The van der Waals surface area contributed by atoms with Gasteiger partial charge in [-0.15, -0.1) is 0 Å². The fourth-order valence-corrected chi connectivity index (χ4v) is 6.14. The lowest BCUT2D eigenvalue weighted by molar-refractivity contribution is 0.360. The zero-order chi connectivity index (χ0) is 29.8. The number of rotatable bonds is 11. The van der Waals surface area contributed by atoms with E-state index in [9.17, 15) is 0 Å². The van der Waals surface area contributed by atoms with E-state index in [0.29, 0.717) is 10.8 Å². The van der Waals surface area contributed by atoms with Gasteiger partial charge >= 0.3 is 0 Å². The number of hydrogen-bond donors (Lipinski definition) is 0. The van der Waals surface area contributed by atoms with E-state index in [-0.39, 0.29) is 0 Å². The quantitative estimate of drug-likeness (QED) is 0.181. The second kappa shape index (κ2) is 16.0. The van der Waals surface area contributed by atoms with Gasteiger partial charge in [0.15, 0.2) is 0 Å². The Hall–Kier alpha value is -2.60. The smallest absolute Gasteiger partial charge is 0.0125 e. The number of allylic oxidation sites excluding steroid dienone is 20. The molecule has 40 heavy (non-hydrogen) atoms. The van der Waals surface area contributed by atoms with E-state index in [1.807, 2.05) is 0 Å². The van der Waals surface area contributed by atoms with Crippen LogP contribution < -0.4 is 0 Å². The summed E-state index contributed by atoms with van der Waals surface area (Å²) in [6.45, 7) is 23.0. The molecule has 0 nitrogen and oxygen atoms in total. The predicted octanol–water partition coefficient (Wildman–Crippen LogP) is 12.8. The summed E-state index contributed by atoms with van der Waals surface area (Å²) in [5.74, 6) is 0. The minimum absolute atomic E-state index is 0.348. The van der Waals surface area contributed by atoms with Gasteiger partial charge in [0.25, 0.3) is 0 Å². The van der Waals surface area contributed by atoms with Crippen LogP contribution in [0.3, 0.4) is 0 Å². The first-order valence-electron chi connectivity index (χ1n) is 15.6. The molecule has 0 aromatic heterocycles. The molecule has 0 saturated heterocycles. The largest absolute Gasteiger partial charge is 0.0775 e. The van der Waals surface area contributed by atoms with Gasteiger partial charge in [0, 0.05) is 0 Å². The molecular weight excluding hydrogens is 480 g/mol. The van der Waals surface area contributed by atoms with Crippen LogP contribution >= 0.6 is 0 Å². The van der Waals surface area contributed by atoms with Gasteiger partial charge < -0.3 is 0 Å². The van der Waals surface area contributed by atoms with Crippen LogP contribution in [-0.4, -0.2) is 0 Å². The molecule has 0 aromatic carbocycles. The number of hydrogen-bond acceptors (Lipinski definition) is 0. The molecular formula is C40H58. The molecule has 0 aliphatic heterocycles. The Morgan fingerprint density at radius 2 is 0.900 bits per heavy atom. The second-order valence-electron chi connectivity index (χ2n) is 13.6. The Balaban J connectivity index is 1.84. The Bertz CT molecular complexity index is 1070. The standard InChI is InChI=1S/C40H58/c1-31(19-13-21-33(3)25-27-37-35(5)23-15-29-39(37,7)8)17-11-12-18-32(2)20-14-22-34(4)26-28-38-36(6)24-16-30-40(38,9)10/h11-14,17-22,25-26H,15-16,23-24,27-30H2,1-10H3/b17-11+,18-12+,21-13+,22-14+,31-19+,32-20+,33-25+,34-26+. The molecule has 0 bridgehead atoms. The molecule has 0 heterocycles. The van der Waals surface area contributed by atoms with Gasteiger partial charge in [0.1, 0.15) is 0 Å². The lowest BCUT2D eigenvalue weighted by Crippen LogP contribution is -2.20. The van der Waals surface area contributed by atoms with Crippen LogP contribution in [-0.2, 0) is 0 Å². The molecule has 2 aliphatic rings. The molecule has 0 atom stereocenters. The highest BCUT2D eigenvalue weighted by Gasteiger charge is 2.28. The van der Waals surface area contributed by atoms with Crippen LogP contribution in [0.25, 0.3) is 0 Å². The van der Waals surface area contributed by atoms with Crippen molar-refractivity contribution < 1.29 is 0 Å². The van der Waals surface area contributed by atoms with E-state index in [2.05, 4.69) is 142 Å². The van der Waals surface area contributed by atoms with E-state index >= 15 is 0 Å². The highest BCUT2D eigenvalue weighted by molar-refractivity contribution is 5.33. The molecule has 0 amide bonds. The summed E-state index contributed by atoms with van der Waals surface area (Å²) in [7, 11) is 0. The summed E-state index contributed by atoms with van der Waals surface area (Å²) in [5.41, 5.74) is 12.3. The molecule has 0 N–H and O–H groups in total. The third-order valence-corrected chi connectivity index (χ3v) is 8.89. The zero-order valence-electron chi connectivity index (χ0n) is 27.6. The molecule has 2 aliphatic carbocycles. The Kier molecular flexibility index (Phi) is 13.4. The van der Waals surface area contributed by atoms with Crippen LogP contribution in [0.1, 0.15) is 121 Å². The van der Waals surface area contributed by atoms with Crippen molar-refractivity contribution in [3.05, 3.63) is 117 Å². The van der Waals surface area contributed by atoms with Gasteiger partial charge in [0.2, 0.25) is 0 Å². The monoisotopic (exact) mass is 538 g/mol. The van der Waals surface area contributed by atoms with Crippen molar-refractivity contribution >= 4 is 0 Å². The van der Waals surface area contributed by atoms with Crippen LogP contribution in [0.15, 0.2) is 117 Å². The molecule has 0 radical (unpaired) electrons. The molecule has 0 spiro atoms. The van der Waals surface area contributed by atoms with Crippen molar-refractivity contribution in [2.45, 2.75) is 121 Å². The molecule has 0 unspecified atom stereocenters. The van der Waals surface area contributed by atoms with E-state index in [4.69, 9.17) is 0 Å². The maximum atomic E-state index is 2.40. The van der Waals surface area contributed by atoms with Crippen LogP contribution in [0.2, 0.25) is 0 Å². The molecule has 0 fully saturated rings. The van der Waals surface area contributed by atoms with Gasteiger partial charge in [-0.25, -0.2) is 0 Å². The van der Waals surface area contributed by atoms with E-state index in [1.54, 1.807) is 22.3 Å². The first-order valence-corrected chi connectivity index (χ1v) is 15.6. The second-order valence-corrected chi connectivity index (χ2v) is 13.6. The highest BCUT2D eigenvalue weighted by atomic mass is 14.3. The van der Waals surface area contributed by atoms with E-state index < -0.39 is 0 Å². The maximum Gasteiger partial charge on any atom is -0.0125 e. The van der Waals surface area contributed by atoms with Gasteiger partial charge in [-0.2, -0.15) is 0 Å². The molecule has 0 saturated carbocycles. The SMILES string of the molecule is CC1=C(C/C=C(C)/C=C/C=C(C)/C=C/C=C/C(C)=C/C=C/C(C)=C/CC2=C(C)CCCC2(C)C)C(C)(C)CCC1. The maximum absolute atomic E-state index is 2.40. The summed E-state index contributed by atoms with van der Waals surface area (Å²) in [6, 6.07) is 0. The van der Waals surface area contributed by atoms with Crippen molar-refractivity contribution in [2.24, 2.45) is 10.8 Å². The predicted molar refractivity (Wildman–Crippen MR) is 181 cm³/mol. The summed E-state index contributed by atoms with van der Waals surface area (Å²) >= 11 is 0. The van der Waals surface area contributed by atoms with Crippen molar-refractivity contribution in [1.29, 1.82) is 0 Å². The van der Waals surface area contributed by atoms with Crippen LogP contribution in [0.4, 0.5) is 0 Å². The Labute approximate surface area is 248 Å². The fraction of sp³-hybridized carbons (Fsp3) is 0.500. The third-order valence-electron chi connectivity index (χ3n) is 8.89. The summed E-state index contributed by atoms with van der Waals surface area (Å²) < 4.78 is 0. The lowest BCUT2D eigenvalue weighted by Gasteiger charge is -2.34. The normalized spacial score (nSPS) is 21.8. The van der Waals surface area contributed by atoms with E-state index in [1.165, 1.54) is 60.8 Å². The molecule has 218 valence electrons. The first kappa shape index (κ1) is 33.6.